The molecule has 2 unspecified atom stereocenters. The molecule has 1 aromatic carbocycles. The predicted molar refractivity (Wildman–Crippen MR) is 62.9 cm³/mol. The van der Waals surface area contributed by atoms with Crippen molar-refractivity contribution in [3.63, 3.8) is 0 Å². The molecule has 1 fully saturated rings. The molecule has 7 heteroatoms. The van der Waals surface area contributed by atoms with Gasteiger partial charge in [-0.2, -0.15) is 0 Å². The van der Waals surface area contributed by atoms with Crippen LogP contribution in [0.1, 0.15) is 26.7 Å². The van der Waals surface area contributed by atoms with E-state index in [-0.39, 0.29) is 12.2 Å². The minimum atomic E-state index is -2.15. The van der Waals surface area contributed by atoms with E-state index in [1.807, 2.05) is 0 Å². The summed E-state index contributed by atoms with van der Waals surface area (Å²) in [4.78, 5) is 0. The maximum absolute atomic E-state index is 13.5. The summed E-state index contributed by atoms with van der Waals surface area (Å²) in [5, 5.41) is 2.41. The maximum atomic E-state index is 13.5. The Morgan fingerprint density at radius 1 is 0.800 bits per heavy atom. The summed E-state index contributed by atoms with van der Waals surface area (Å²) >= 11 is 0. The van der Waals surface area contributed by atoms with Crippen LogP contribution in [0.2, 0.25) is 0 Å². The van der Waals surface area contributed by atoms with Crippen molar-refractivity contribution in [3.8, 4) is 0 Å². The number of halogens is 5. The predicted octanol–water partition coefficient (Wildman–Crippen LogP) is 3.75. The molecule has 0 spiro atoms. The van der Waals surface area contributed by atoms with Gasteiger partial charge in [-0.05, 0) is 26.7 Å². The molecule has 0 aromatic heterocycles. The van der Waals surface area contributed by atoms with Crippen molar-refractivity contribution in [2.45, 2.75) is 44.9 Å². The summed E-state index contributed by atoms with van der Waals surface area (Å²) in [6, 6.07) is -0.415. The highest BCUT2D eigenvalue weighted by Gasteiger charge is 2.30. The monoisotopic (exact) mass is 295 g/mol. The summed E-state index contributed by atoms with van der Waals surface area (Å²) in [7, 11) is 0. The molecule has 1 aliphatic rings. The molecule has 0 saturated carbocycles. The Hall–Kier alpha value is -1.37. The molecule has 1 heterocycles. The second kappa shape index (κ2) is 5.55. The number of anilines is 1. The van der Waals surface area contributed by atoms with Crippen LogP contribution in [-0.2, 0) is 4.74 Å². The molecule has 20 heavy (non-hydrogen) atoms. The van der Waals surface area contributed by atoms with Crippen LogP contribution >= 0.6 is 0 Å². The molecule has 1 N–H and O–H groups in total. The summed E-state index contributed by atoms with van der Waals surface area (Å²) < 4.78 is 71.6. The lowest BCUT2D eigenvalue weighted by Crippen LogP contribution is -2.37. The van der Waals surface area contributed by atoms with E-state index in [0.29, 0.717) is 12.8 Å². The average molecular weight is 295 g/mol. The first kappa shape index (κ1) is 15.0. The fraction of sp³-hybridized carbons (Fsp3) is 0.538. The average Bonchev–Trinajstić information content (AvgIpc) is 2.38. The van der Waals surface area contributed by atoms with Gasteiger partial charge in [0.1, 0.15) is 5.69 Å². The van der Waals surface area contributed by atoms with Crippen LogP contribution in [0.25, 0.3) is 0 Å². The van der Waals surface area contributed by atoms with Crippen LogP contribution in [0, 0.1) is 29.1 Å². The zero-order chi connectivity index (χ0) is 15.0. The van der Waals surface area contributed by atoms with Gasteiger partial charge in [-0.15, -0.1) is 0 Å². The molecule has 1 aliphatic heterocycles. The van der Waals surface area contributed by atoms with Crippen molar-refractivity contribution < 1.29 is 26.7 Å². The van der Waals surface area contributed by atoms with Crippen molar-refractivity contribution in [2.24, 2.45) is 0 Å². The minimum Gasteiger partial charge on any atom is -0.377 e. The Balaban J connectivity index is 2.30. The van der Waals surface area contributed by atoms with E-state index >= 15 is 0 Å². The first-order valence-corrected chi connectivity index (χ1v) is 6.24. The lowest BCUT2D eigenvalue weighted by molar-refractivity contribution is -0.0338. The standard InChI is InChI=1S/C13H14F5NO/c1-5-3-7(4-6(2)20-5)19-13-11(17)9(15)8(14)10(16)12(13)18/h5-7,19H,3-4H2,1-2H3. The summed E-state index contributed by atoms with van der Waals surface area (Å²) in [6.07, 6.45) is 0.531. The first-order valence-electron chi connectivity index (χ1n) is 6.24. The van der Waals surface area contributed by atoms with Gasteiger partial charge in [0, 0.05) is 6.04 Å². The van der Waals surface area contributed by atoms with Gasteiger partial charge in [0.25, 0.3) is 0 Å². The first-order chi connectivity index (χ1) is 9.31. The molecule has 0 amide bonds. The number of nitrogens with one attached hydrogen (secondary N) is 1. The maximum Gasteiger partial charge on any atom is 0.200 e. The van der Waals surface area contributed by atoms with Gasteiger partial charge in [-0.25, -0.2) is 22.0 Å². The van der Waals surface area contributed by atoms with Gasteiger partial charge in [-0.1, -0.05) is 0 Å². The Morgan fingerprint density at radius 2 is 1.20 bits per heavy atom. The van der Waals surface area contributed by atoms with Crippen LogP contribution in [0.15, 0.2) is 0 Å². The Labute approximate surface area is 112 Å². The van der Waals surface area contributed by atoms with Gasteiger partial charge < -0.3 is 10.1 Å². The van der Waals surface area contributed by atoms with E-state index in [0.717, 1.165) is 0 Å². The molecule has 112 valence electrons. The zero-order valence-electron chi connectivity index (χ0n) is 10.9. The molecule has 0 radical (unpaired) electrons. The third-order valence-electron chi connectivity index (χ3n) is 3.26. The normalized spacial score (nSPS) is 26.6. The van der Waals surface area contributed by atoms with Crippen molar-refractivity contribution in [1.29, 1.82) is 0 Å². The van der Waals surface area contributed by atoms with Crippen LogP contribution in [-0.4, -0.2) is 18.2 Å². The molecular formula is C13H14F5NO. The van der Waals surface area contributed by atoms with E-state index < -0.39 is 40.8 Å². The second-order valence-corrected chi connectivity index (χ2v) is 5.01. The molecule has 0 bridgehead atoms. The minimum absolute atomic E-state index is 0.155. The van der Waals surface area contributed by atoms with Gasteiger partial charge in [0.15, 0.2) is 23.3 Å². The van der Waals surface area contributed by atoms with E-state index in [2.05, 4.69) is 5.32 Å². The fourth-order valence-electron chi connectivity index (χ4n) is 2.46. The summed E-state index contributed by atoms with van der Waals surface area (Å²) in [5.74, 6) is -9.72. The number of rotatable bonds is 2. The van der Waals surface area contributed by atoms with Gasteiger partial charge in [0.05, 0.1) is 12.2 Å². The topological polar surface area (TPSA) is 21.3 Å². The highest BCUT2D eigenvalue weighted by Crippen LogP contribution is 2.30. The number of hydrogen-bond acceptors (Lipinski definition) is 2. The van der Waals surface area contributed by atoms with Crippen molar-refractivity contribution in [3.05, 3.63) is 29.1 Å². The third-order valence-corrected chi connectivity index (χ3v) is 3.26. The van der Waals surface area contributed by atoms with Crippen molar-refractivity contribution in [2.75, 3.05) is 5.32 Å². The number of hydrogen-bond donors (Lipinski definition) is 1. The molecular weight excluding hydrogens is 281 g/mol. The molecule has 2 rings (SSSR count). The summed E-state index contributed by atoms with van der Waals surface area (Å²) in [5.41, 5.74) is -0.979. The quantitative estimate of drug-likeness (QED) is 0.510. The van der Waals surface area contributed by atoms with E-state index in [9.17, 15) is 22.0 Å². The van der Waals surface area contributed by atoms with Crippen molar-refractivity contribution >= 4 is 5.69 Å². The second-order valence-electron chi connectivity index (χ2n) is 5.01. The van der Waals surface area contributed by atoms with Gasteiger partial charge in [0.2, 0.25) is 5.82 Å². The Morgan fingerprint density at radius 3 is 1.65 bits per heavy atom. The highest BCUT2D eigenvalue weighted by atomic mass is 19.2. The Bertz CT molecular complexity index is 483. The largest absolute Gasteiger partial charge is 0.377 e. The Kier molecular flexibility index (Phi) is 4.17. The molecule has 1 aromatic rings. The van der Waals surface area contributed by atoms with E-state index in [1.165, 1.54) is 0 Å². The SMILES string of the molecule is CC1CC(Nc2c(F)c(F)c(F)c(F)c2F)CC(C)O1. The van der Waals surface area contributed by atoms with Crippen LogP contribution in [0.4, 0.5) is 27.6 Å². The number of benzene rings is 1. The smallest absolute Gasteiger partial charge is 0.200 e. The third kappa shape index (κ3) is 2.72. The van der Waals surface area contributed by atoms with Crippen LogP contribution < -0.4 is 5.32 Å². The van der Waals surface area contributed by atoms with E-state index in [4.69, 9.17) is 4.74 Å². The number of ether oxygens (including phenoxy) is 1. The zero-order valence-corrected chi connectivity index (χ0v) is 10.9. The highest BCUT2D eigenvalue weighted by molar-refractivity contribution is 5.48. The summed E-state index contributed by atoms with van der Waals surface area (Å²) in [6.45, 7) is 3.56. The van der Waals surface area contributed by atoms with Gasteiger partial charge >= 0.3 is 0 Å². The molecule has 2 nitrogen and oxygen atoms in total. The molecule has 0 aliphatic carbocycles. The molecule has 2 atom stereocenters. The lowest BCUT2D eigenvalue weighted by atomic mass is 9.99. The van der Waals surface area contributed by atoms with Crippen LogP contribution in [0.5, 0.6) is 0 Å². The van der Waals surface area contributed by atoms with E-state index in [1.54, 1.807) is 13.8 Å². The van der Waals surface area contributed by atoms with Crippen LogP contribution in [0.3, 0.4) is 0 Å². The van der Waals surface area contributed by atoms with Crippen molar-refractivity contribution in [1.82, 2.24) is 0 Å². The lowest BCUT2D eigenvalue weighted by Gasteiger charge is -2.33. The fourth-order valence-corrected chi connectivity index (χ4v) is 2.46. The molecule has 1 saturated heterocycles. The van der Waals surface area contributed by atoms with Gasteiger partial charge in [-0.3, -0.25) is 0 Å².